The molecule has 1 aromatic carbocycles. The van der Waals surface area contributed by atoms with E-state index < -0.39 is 5.82 Å². The van der Waals surface area contributed by atoms with Crippen molar-refractivity contribution in [3.05, 3.63) is 40.7 Å². The second-order valence-corrected chi connectivity index (χ2v) is 7.27. The summed E-state index contributed by atoms with van der Waals surface area (Å²) in [6.45, 7) is 1.54. The van der Waals surface area contributed by atoms with E-state index in [1.54, 1.807) is 0 Å². The van der Waals surface area contributed by atoms with Crippen LogP contribution < -0.4 is 5.56 Å². The third-order valence-corrected chi connectivity index (χ3v) is 5.74. The van der Waals surface area contributed by atoms with E-state index in [-0.39, 0.29) is 23.4 Å². The van der Waals surface area contributed by atoms with Gasteiger partial charge in [-0.2, -0.15) is 0 Å². The number of carbonyl (C=O) groups excluding carboxylic acids is 1. The lowest BCUT2D eigenvalue weighted by Crippen LogP contribution is -2.46. The number of amides is 1. The number of fused-ring (bicyclic) bond motifs is 2. The number of carbonyl (C=O) groups is 1. The molecule has 2 fully saturated rings. The van der Waals surface area contributed by atoms with Crippen LogP contribution >= 0.6 is 0 Å². The lowest BCUT2D eigenvalue weighted by molar-refractivity contribution is -0.135. The highest BCUT2D eigenvalue weighted by Gasteiger charge is 2.32. The molecule has 2 atom stereocenters. The van der Waals surface area contributed by atoms with Crippen molar-refractivity contribution in [2.45, 2.75) is 38.6 Å². The molecule has 1 amide bonds. The Morgan fingerprint density at radius 2 is 2.00 bits per heavy atom. The van der Waals surface area contributed by atoms with Crippen LogP contribution in [0.2, 0.25) is 0 Å². The molecule has 1 aliphatic heterocycles. The largest absolute Gasteiger partial charge is 0.341 e. The van der Waals surface area contributed by atoms with Gasteiger partial charge in [-0.1, -0.05) is 19.3 Å². The van der Waals surface area contributed by atoms with Gasteiger partial charge < -0.3 is 4.90 Å². The maximum Gasteiger partial charge on any atom is 0.261 e. The predicted molar refractivity (Wildman–Crippen MR) is 92.6 cm³/mol. The van der Waals surface area contributed by atoms with Crippen molar-refractivity contribution >= 4 is 16.8 Å². The molecule has 6 heteroatoms. The molecule has 0 spiro atoms. The Kier molecular flexibility index (Phi) is 4.27. The van der Waals surface area contributed by atoms with Crippen LogP contribution in [0.3, 0.4) is 0 Å². The maximum absolute atomic E-state index is 13.4. The van der Waals surface area contributed by atoms with E-state index in [1.165, 1.54) is 54.8 Å². The average Bonchev–Trinajstić information content (AvgIpc) is 2.64. The van der Waals surface area contributed by atoms with Gasteiger partial charge in [0, 0.05) is 13.1 Å². The summed E-state index contributed by atoms with van der Waals surface area (Å²) in [6.07, 6.45) is 7.49. The summed E-state index contributed by atoms with van der Waals surface area (Å²) in [7, 11) is 0. The molecular formula is C19H22FN3O2. The van der Waals surface area contributed by atoms with E-state index in [4.69, 9.17) is 0 Å². The van der Waals surface area contributed by atoms with Crippen LogP contribution in [0.15, 0.2) is 29.3 Å². The van der Waals surface area contributed by atoms with Crippen LogP contribution in [0.25, 0.3) is 10.9 Å². The van der Waals surface area contributed by atoms with Gasteiger partial charge >= 0.3 is 0 Å². The molecule has 2 aromatic rings. The van der Waals surface area contributed by atoms with Gasteiger partial charge in [-0.15, -0.1) is 0 Å². The number of hydrogen-bond donors (Lipinski definition) is 0. The Hall–Kier alpha value is -2.24. The third-order valence-electron chi connectivity index (χ3n) is 5.74. The number of aromatic nitrogens is 2. The maximum atomic E-state index is 13.4. The fourth-order valence-electron chi connectivity index (χ4n) is 4.32. The molecule has 4 rings (SSSR count). The number of nitrogens with zero attached hydrogens (tertiary/aromatic N) is 3. The second-order valence-electron chi connectivity index (χ2n) is 7.27. The zero-order chi connectivity index (χ0) is 17.4. The highest BCUT2D eigenvalue weighted by Crippen LogP contribution is 2.36. The van der Waals surface area contributed by atoms with Gasteiger partial charge in [0.2, 0.25) is 5.91 Å². The first-order valence-electron chi connectivity index (χ1n) is 9.04. The van der Waals surface area contributed by atoms with Crippen LogP contribution in [-0.2, 0) is 11.3 Å². The molecule has 0 N–H and O–H groups in total. The van der Waals surface area contributed by atoms with E-state index in [0.29, 0.717) is 11.4 Å². The smallest absolute Gasteiger partial charge is 0.261 e. The van der Waals surface area contributed by atoms with Gasteiger partial charge in [0.25, 0.3) is 5.56 Å². The lowest BCUT2D eigenvalue weighted by Gasteiger charge is -2.41. The Balaban J connectivity index is 1.52. The number of halogens is 1. The first-order valence-corrected chi connectivity index (χ1v) is 9.04. The van der Waals surface area contributed by atoms with Gasteiger partial charge in [-0.25, -0.2) is 9.37 Å². The molecule has 2 heterocycles. The zero-order valence-corrected chi connectivity index (χ0v) is 14.2. The topological polar surface area (TPSA) is 55.2 Å². The average molecular weight is 343 g/mol. The van der Waals surface area contributed by atoms with Gasteiger partial charge in [0.15, 0.2) is 0 Å². The Morgan fingerprint density at radius 1 is 1.20 bits per heavy atom. The summed E-state index contributed by atoms with van der Waals surface area (Å²) >= 11 is 0. The summed E-state index contributed by atoms with van der Waals surface area (Å²) < 4.78 is 14.7. The molecule has 2 aliphatic rings. The highest BCUT2D eigenvalue weighted by molar-refractivity contribution is 5.79. The first kappa shape index (κ1) is 16.2. The molecule has 0 radical (unpaired) electrons. The van der Waals surface area contributed by atoms with E-state index in [9.17, 15) is 14.0 Å². The molecule has 1 aromatic heterocycles. The minimum Gasteiger partial charge on any atom is -0.341 e. The third kappa shape index (κ3) is 3.17. The van der Waals surface area contributed by atoms with E-state index in [0.717, 1.165) is 25.4 Å². The monoisotopic (exact) mass is 343 g/mol. The summed E-state index contributed by atoms with van der Waals surface area (Å²) in [4.78, 5) is 31.2. The molecule has 132 valence electrons. The summed E-state index contributed by atoms with van der Waals surface area (Å²) in [5.74, 6) is 0.830. The first-order chi connectivity index (χ1) is 12.1. The Labute approximate surface area is 145 Å². The number of hydrogen-bond acceptors (Lipinski definition) is 3. The number of rotatable bonds is 2. The van der Waals surface area contributed by atoms with Crippen molar-refractivity contribution in [3.8, 4) is 0 Å². The van der Waals surface area contributed by atoms with Crippen LogP contribution in [0, 0.1) is 17.7 Å². The molecule has 5 nitrogen and oxygen atoms in total. The van der Waals surface area contributed by atoms with Crippen LogP contribution in [0.5, 0.6) is 0 Å². The van der Waals surface area contributed by atoms with Crippen molar-refractivity contribution in [2.24, 2.45) is 11.8 Å². The van der Waals surface area contributed by atoms with E-state index in [2.05, 4.69) is 4.98 Å². The Morgan fingerprint density at radius 3 is 2.84 bits per heavy atom. The van der Waals surface area contributed by atoms with Gasteiger partial charge in [0.1, 0.15) is 12.4 Å². The number of likely N-dealkylation sites (tertiary alicyclic amines) is 1. The SMILES string of the molecule is O=C(Cn1cnc2ccc(F)cc2c1=O)N1CC[C@@H]2CCCC[C@H]2C1. The second kappa shape index (κ2) is 6.58. The zero-order valence-electron chi connectivity index (χ0n) is 14.2. The normalized spacial score (nSPS) is 23.5. The minimum absolute atomic E-state index is 0.0321. The van der Waals surface area contributed by atoms with E-state index in [1.807, 2.05) is 4.90 Å². The highest BCUT2D eigenvalue weighted by atomic mass is 19.1. The van der Waals surface area contributed by atoms with Crippen LogP contribution in [0.4, 0.5) is 4.39 Å². The molecule has 25 heavy (non-hydrogen) atoms. The van der Waals surface area contributed by atoms with Crippen molar-refractivity contribution in [2.75, 3.05) is 13.1 Å². The molecule has 1 aliphatic carbocycles. The quantitative estimate of drug-likeness (QED) is 0.842. The molecular weight excluding hydrogens is 321 g/mol. The summed E-state index contributed by atoms with van der Waals surface area (Å²) in [6, 6.07) is 3.93. The summed E-state index contributed by atoms with van der Waals surface area (Å²) in [5.41, 5.74) is 0.0727. The Bertz CT molecular complexity index is 863. The van der Waals surface area contributed by atoms with Crippen molar-refractivity contribution in [1.29, 1.82) is 0 Å². The number of piperidine rings is 1. The standard InChI is InChI=1S/C19H22FN3O2/c20-15-5-6-17-16(9-15)19(25)23(12-21-17)11-18(24)22-8-7-13-3-1-2-4-14(13)10-22/h5-6,9,12-14H,1-4,7-8,10-11H2/t13-,14-/m0/s1. The fourth-order valence-corrected chi connectivity index (χ4v) is 4.32. The molecule has 0 unspecified atom stereocenters. The van der Waals surface area contributed by atoms with Crippen LogP contribution in [-0.4, -0.2) is 33.4 Å². The lowest BCUT2D eigenvalue weighted by atomic mass is 9.75. The molecule has 0 bridgehead atoms. The molecule has 1 saturated carbocycles. The van der Waals surface area contributed by atoms with Crippen molar-refractivity contribution < 1.29 is 9.18 Å². The minimum atomic E-state index is -0.477. The summed E-state index contributed by atoms with van der Waals surface area (Å²) in [5, 5.41) is 0.210. The van der Waals surface area contributed by atoms with Gasteiger partial charge in [-0.3, -0.25) is 14.2 Å². The molecule has 1 saturated heterocycles. The predicted octanol–water partition coefficient (Wildman–Crippen LogP) is 2.57. The number of benzene rings is 1. The van der Waals surface area contributed by atoms with Gasteiger partial charge in [0.05, 0.1) is 17.2 Å². The van der Waals surface area contributed by atoms with Gasteiger partial charge in [-0.05, 0) is 42.9 Å². The fraction of sp³-hybridized carbons (Fsp3) is 0.526. The van der Waals surface area contributed by atoms with Crippen molar-refractivity contribution in [3.63, 3.8) is 0 Å². The van der Waals surface area contributed by atoms with E-state index >= 15 is 0 Å². The van der Waals surface area contributed by atoms with Crippen molar-refractivity contribution in [1.82, 2.24) is 14.5 Å². The van der Waals surface area contributed by atoms with Crippen LogP contribution in [0.1, 0.15) is 32.1 Å².